The molecule has 0 amide bonds. The molecule has 0 radical (unpaired) electrons. The van der Waals surface area contributed by atoms with Crippen LogP contribution >= 0.6 is 0 Å². The first kappa shape index (κ1) is 10.4. The van der Waals surface area contributed by atoms with Crippen LogP contribution < -0.4 is 0 Å². The molecule has 0 spiro atoms. The van der Waals surface area contributed by atoms with E-state index in [4.69, 9.17) is 0 Å². The molecule has 14 heavy (non-hydrogen) atoms. The maximum atomic E-state index is 12.8. The van der Waals surface area contributed by atoms with Gasteiger partial charge in [0.25, 0.3) is 0 Å². The fourth-order valence-corrected chi connectivity index (χ4v) is 3.98. The Kier molecular flexibility index (Phi) is 2.82. The number of hydrogen-bond donors (Lipinski definition) is 0. The minimum absolute atomic E-state index is 0.480. The van der Waals surface area contributed by atoms with E-state index in [2.05, 4.69) is 0 Å². The molecule has 0 saturated heterocycles. The second kappa shape index (κ2) is 3.80. The van der Waals surface area contributed by atoms with E-state index in [0.717, 1.165) is 12.8 Å². The largest absolute Gasteiger partial charge is 0.305 e. The molecule has 2 fully saturated rings. The van der Waals surface area contributed by atoms with Crippen molar-refractivity contribution in [3.8, 4) is 0 Å². The van der Waals surface area contributed by atoms with E-state index in [1.165, 1.54) is 19.3 Å². The van der Waals surface area contributed by atoms with Crippen molar-refractivity contribution in [2.75, 3.05) is 0 Å². The van der Waals surface area contributed by atoms with E-state index in [1.54, 1.807) is 0 Å². The predicted molar refractivity (Wildman–Crippen MR) is 53.1 cm³/mol. The van der Waals surface area contributed by atoms with Gasteiger partial charge in [-0.2, -0.15) is 8.42 Å². The van der Waals surface area contributed by atoms with Crippen LogP contribution in [0, 0.1) is 11.8 Å². The van der Waals surface area contributed by atoms with Gasteiger partial charge in [-0.05, 0) is 31.1 Å². The quantitative estimate of drug-likeness (QED) is 0.637. The summed E-state index contributed by atoms with van der Waals surface area (Å²) in [5, 5.41) is -0.693. The first-order valence-electron chi connectivity index (χ1n) is 5.51. The van der Waals surface area contributed by atoms with Gasteiger partial charge in [0.2, 0.25) is 0 Å². The van der Waals surface area contributed by atoms with Crippen molar-refractivity contribution in [2.24, 2.45) is 11.8 Å². The Labute approximate surface area is 85.1 Å². The molecule has 2 nitrogen and oxygen atoms in total. The van der Waals surface area contributed by atoms with Gasteiger partial charge in [-0.15, -0.1) is 3.89 Å². The Balaban J connectivity index is 2.03. The van der Waals surface area contributed by atoms with Gasteiger partial charge >= 0.3 is 10.2 Å². The summed E-state index contributed by atoms with van der Waals surface area (Å²) in [6.07, 6.45) is 6.83. The van der Waals surface area contributed by atoms with Crippen LogP contribution in [0.4, 0.5) is 3.89 Å². The van der Waals surface area contributed by atoms with E-state index in [9.17, 15) is 12.3 Å². The van der Waals surface area contributed by atoms with Crippen LogP contribution in [-0.2, 0) is 10.2 Å². The maximum Gasteiger partial charge on any atom is 0.305 e. The molecule has 2 rings (SSSR count). The summed E-state index contributed by atoms with van der Waals surface area (Å²) in [5.41, 5.74) is 0. The van der Waals surface area contributed by atoms with Crippen LogP contribution in [0.15, 0.2) is 0 Å². The molecule has 0 aromatic rings. The zero-order chi connectivity index (χ0) is 10.2. The van der Waals surface area contributed by atoms with Crippen LogP contribution in [0.2, 0.25) is 0 Å². The average molecular weight is 220 g/mol. The summed E-state index contributed by atoms with van der Waals surface area (Å²) in [7, 11) is -4.28. The third kappa shape index (κ3) is 2.10. The zero-order valence-electron chi connectivity index (χ0n) is 8.28. The molecule has 2 aliphatic carbocycles. The fourth-order valence-electron chi connectivity index (χ4n) is 3.09. The molecule has 4 heteroatoms. The normalized spacial score (nSPS) is 39.1. The molecule has 0 aromatic carbocycles. The number of rotatable bonds is 1. The maximum absolute atomic E-state index is 12.8. The minimum Gasteiger partial charge on any atom is -0.195 e. The summed E-state index contributed by atoms with van der Waals surface area (Å²) >= 11 is 0. The Morgan fingerprint density at radius 3 is 2.21 bits per heavy atom. The van der Waals surface area contributed by atoms with Gasteiger partial charge in [-0.25, -0.2) is 0 Å². The highest BCUT2D eigenvalue weighted by molar-refractivity contribution is 7.87. The van der Waals surface area contributed by atoms with Crippen LogP contribution in [0.25, 0.3) is 0 Å². The molecule has 2 aliphatic rings. The van der Waals surface area contributed by atoms with E-state index in [1.807, 2.05) is 0 Å². The van der Waals surface area contributed by atoms with E-state index in [0.29, 0.717) is 24.7 Å². The van der Waals surface area contributed by atoms with Crippen molar-refractivity contribution < 1.29 is 12.3 Å². The predicted octanol–water partition coefficient (Wildman–Crippen LogP) is 2.64. The van der Waals surface area contributed by atoms with Gasteiger partial charge in [0.05, 0.1) is 5.25 Å². The second-order valence-corrected chi connectivity index (χ2v) is 6.33. The van der Waals surface area contributed by atoms with Crippen molar-refractivity contribution in [2.45, 2.75) is 50.2 Å². The van der Waals surface area contributed by atoms with Crippen molar-refractivity contribution in [1.29, 1.82) is 0 Å². The first-order chi connectivity index (χ1) is 6.57. The Morgan fingerprint density at radius 1 is 0.929 bits per heavy atom. The molecule has 2 saturated carbocycles. The van der Waals surface area contributed by atoms with Crippen molar-refractivity contribution in [3.63, 3.8) is 0 Å². The SMILES string of the molecule is O=S(=O)(F)C1CCC2CCCCC2C1. The molecule has 0 aliphatic heterocycles. The summed E-state index contributed by atoms with van der Waals surface area (Å²) in [6, 6.07) is 0. The molecule has 0 aromatic heterocycles. The van der Waals surface area contributed by atoms with Gasteiger partial charge in [0.15, 0.2) is 0 Å². The molecular weight excluding hydrogens is 203 g/mol. The lowest BCUT2D eigenvalue weighted by Gasteiger charge is -2.37. The molecule has 3 unspecified atom stereocenters. The van der Waals surface area contributed by atoms with Crippen molar-refractivity contribution in [3.05, 3.63) is 0 Å². The Bertz CT molecular complexity index is 299. The van der Waals surface area contributed by atoms with Crippen LogP contribution in [-0.4, -0.2) is 13.7 Å². The van der Waals surface area contributed by atoms with Gasteiger partial charge in [-0.3, -0.25) is 0 Å². The molecule has 0 heterocycles. The van der Waals surface area contributed by atoms with Gasteiger partial charge < -0.3 is 0 Å². The highest BCUT2D eigenvalue weighted by atomic mass is 32.3. The minimum atomic E-state index is -4.28. The molecular formula is C10H17FO2S. The molecule has 3 atom stereocenters. The Morgan fingerprint density at radius 2 is 1.57 bits per heavy atom. The summed E-state index contributed by atoms with van der Waals surface area (Å²) in [6.45, 7) is 0. The number of fused-ring (bicyclic) bond motifs is 1. The van der Waals surface area contributed by atoms with Crippen molar-refractivity contribution >= 4 is 10.2 Å². The van der Waals surface area contributed by atoms with Gasteiger partial charge in [0.1, 0.15) is 0 Å². The molecule has 82 valence electrons. The Hall–Kier alpha value is -0.120. The van der Waals surface area contributed by atoms with E-state index >= 15 is 0 Å². The van der Waals surface area contributed by atoms with Crippen molar-refractivity contribution in [1.82, 2.24) is 0 Å². The van der Waals surface area contributed by atoms with Gasteiger partial charge in [-0.1, -0.05) is 25.7 Å². The summed E-state index contributed by atoms with van der Waals surface area (Å²) < 4.78 is 34.4. The lowest BCUT2D eigenvalue weighted by Crippen LogP contribution is -2.33. The van der Waals surface area contributed by atoms with Gasteiger partial charge in [0, 0.05) is 0 Å². The monoisotopic (exact) mass is 220 g/mol. The smallest absolute Gasteiger partial charge is 0.195 e. The zero-order valence-corrected chi connectivity index (χ0v) is 9.10. The summed E-state index contributed by atoms with van der Waals surface area (Å²) in [4.78, 5) is 0. The van der Waals surface area contributed by atoms with Crippen LogP contribution in [0.3, 0.4) is 0 Å². The van der Waals surface area contributed by atoms with E-state index < -0.39 is 15.5 Å². The lowest BCUT2D eigenvalue weighted by atomic mass is 9.71. The highest BCUT2D eigenvalue weighted by Crippen LogP contribution is 2.42. The molecule has 0 N–H and O–H groups in total. The lowest BCUT2D eigenvalue weighted by molar-refractivity contribution is 0.171. The average Bonchev–Trinajstić information content (AvgIpc) is 2.16. The third-order valence-electron chi connectivity index (χ3n) is 3.89. The standard InChI is InChI=1S/C10H17FO2S/c11-14(12,13)10-6-5-8-3-1-2-4-9(8)7-10/h8-10H,1-7H2. The topological polar surface area (TPSA) is 34.1 Å². The fraction of sp³-hybridized carbons (Fsp3) is 1.00. The number of halogens is 1. The highest BCUT2D eigenvalue weighted by Gasteiger charge is 2.37. The second-order valence-electron chi connectivity index (χ2n) is 4.72. The van der Waals surface area contributed by atoms with Crippen LogP contribution in [0.1, 0.15) is 44.9 Å². The first-order valence-corrected chi connectivity index (χ1v) is 6.95. The van der Waals surface area contributed by atoms with Crippen LogP contribution in [0.5, 0.6) is 0 Å². The third-order valence-corrected chi connectivity index (χ3v) is 5.11. The molecule has 0 bridgehead atoms. The van der Waals surface area contributed by atoms with E-state index in [-0.39, 0.29) is 0 Å². The number of hydrogen-bond acceptors (Lipinski definition) is 2. The summed E-state index contributed by atoms with van der Waals surface area (Å²) in [5.74, 6) is 1.16.